The molecule has 0 aliphatic rings. The molecule has 0 unspecified atom stereocenters. The molecule has 0 amide bonds. The highest BCUT2D eigenvalue weighted by atomic mass is 32.1. The smallest absolute Gasteiger partial charge is 0.398 e. The highest BCUT2D eigenvalue weighted by Gasteiger charge is 2.37. The normalized spacial score (nSPS) is 12.3. The molecule has 0 aliphatic carbocycles. The number of halogens is 6. The van der Waals surface area contributed by atoms with Gasteiger partial charge in [-0.25, -0.2) is 0 Å². The van der Waals surface area contributed by atoms with Crippen molar-refractivity contribution in [3.05, 3.63) is 131 Å². The van der Waals surface area contributed by atoms with Crippen LogP contribution >= 0.6 is 11.3 Å². The Balaban J connectivity index is 1.44. The third-order valence-corrected chi connectivity index (χ3v) is 8.23. The van der Waals surface area contributed by atoms with Crippen molar-refractivity contribution in [3.63, 3.8) is 0 Å². The summed E-state index contributed by atoms with van der Waals surface area (Å²) in [5.74, 6) is 0. The number of oxazole rings is 1. The van der Waals surface area contributed by atoms with E-state index in [1.165, 1.54) is 35.3 Å². The van der Waals surface area contributed by atoms with Gasteiger partial charge in [-0.3, -0.25) is 0 Å². The number of alkyl halides is 6. The molecule has 43 heavy (non-hydrogen) atoms. The summed E-state index contributed by atoms with van der Waals surface area (Å²) in [6, 6.07) is 19.0. The van der Waals surface area contributed by atoms with Crippen molar-refractivity contribution in [2.24, 2.45) is 7.05 Å². The second-order valence-corrected chi connectivity index (χ2v) is 11.2. The van der Waals surface area contributed by atoms with Crippen LogP contribution in [0, 0.1) is 0 Å². The van der Waals surface area contributed by atoms with Crippen molar-refractivity contribution >= 4 is 16.4 Å². The average Bonchev–Trinajstić information content (AvgIpc) is 3.55. The Morgan fingerprint density at radius 3 is 2.00 bits per heavy atom. The van der Waals surface area contributed by atoms with Crippen LogP contribution in [0.5, 0.6) is 0 Å². The summed E-state index contributed by atoms with van der Waals surface area (Å²) < 4.78 is 92.5. The van der Waals surface area contributed by atoms with E-state index in [0.717, 1.165) is 56.4 Å². The number of aromatic nitrogens is 3. The molecule has 0 bridgehead atoms. The number of fused-ring (bicyclic) bond motifs is 1. The summed E-state index contributed by atoms with van der Waals surface area (Å²) in [5.41, 5.74) is 1.77. The molecule has 6 rings (SSSR count). The maximum absolute atomic E-state index is 13.8. The Kier molecular flexibility index (Phi) is 7.29. The monoisotopic (exact) mass is 612 g/mol. The lowest BCUT2D eigenvalue weighted by Gasteiger charge is -2.14. The van der Waals surface area contributed by atoms with Crippen molar-refractivity contribution in [2.75, 3.05) is 0 Å². The zero-order valence-corrected chi connectivity index (χ0v) is 23.5. The second-order valence-electron chi connectivity index (χ2n) is 10.1. The third-order valence-electron chi connectivity index (χ3n) is 7.24. The van der Waals surface area contributed by atoms with Gasteiger partial charge in [-0.2, -0.15) is 35.5 Å². The van der Waals surface area contributed by atoms with E-state index in [0.29, 0.717) is 6.42 Å². The molecule has 218 valence electrons. The van der Waals surface area contributed by atoms with Gasteiger partial charge in [0.15, 0.2) is 31.4 Å². The summed E-state index contributed by atoms with van der Waals surface area (Å²) in [6.07, 6.45) is -0.768. The van der Waals surface area contributed by atoms with Crippen LogP contribution in [0.2, 0.25) is 0 Å². The minimum absolute atomic E-state index is 0.00156. The van der Waals surface area contributed by atoms with E-state index in [2.05, 4.69) is 0 Å². The van der Waals surface area contributed by atoms with Crippen LogP contribution in [0.1, 0.15) is 27.1 Å². The van der Waals surface area contributed by atoms with Crippen LogP contribution in [0.3, 0.4) is 0 Å². The molecule has 0 atom stereocenters. The lowest BCUT2D eigenvalue weighted by atomic mass is 9.93. The van der Waals surface area contributed by atoms with Gasteiger partial charge in [0.1, 0.15) is 7.05 Å². The first kappa shape index (κ1) is 28.6. The minimum atomic E-state index is -4.67. The van der Waals surface area contributed by atoms with Crippen molar-refractivity contribution in [2.45, 2.75) is 25.3 Å². The van der Waals surface area contributed by atoms with E-state index in [4.69, 9.17) is 4.42 Å². The summed E-state index contributed by atoms with van der Waals surface area (Å²) in [5, 5.41) is 0.766. The molecule has 0 N–H and O–H groups in total. The molecule has 0 spiro atoms. The Morgan fingerprint density at radius 1 is 0.721 bits per heavy atom. The van der Waals surface area contributed by atoms with Gasteiger partial charge in [0, 0.05) is 36.2 Å². The van der Waals surface area contributed by atoms with Crippen molar-refractivity contribution in [1.29, 1.82) is 0 Å². The highest BCUT2D eigenvalue weighted by Crippen LogP contribution is 2.34. The summed E-state index contributed by atoms with van der Waals surface area (Å²) >= 11 is 1.53. The quantitative estimate of drug-likeness (QED) is 0.144. The van der Waals surface area contributed by atoms with Crippen LogP contribution < -0.4 is 13.5 Å². The van der Waals surface area contributed by atoms with Gasteiger partial charge in [0.25, 0.3) is 11.4 Å². The van der Waals surface area contributed by atoms with Crippen LogP contribution in [0.25, 0.3) is 27.5 Å². The number of hydrogen-bond acceptors (Lipinski definition) is 2. The van der Waals surface area contributed by atoms with Crippen LogP contribution in [-0.4, -0.2) is 0 Å². The first-order valence-electron chi connectivity index (χ1n) is 13.2. The molecule has 4 nitrogen and oxygen atoms in total. The Bertz CT molecular complexity index is 1910. The molecule has 0 saturated carbocycles. The fraction of sp³-hybridized carbons (Fsp3) is 0.156. The molecule has 0 saturated heterocycles. The highest BCUT2D eigenvalue weighted by molar-refractivity contribution is 7.16. The molecule has 4 heterocycles. The summed E-state index contributed by atoms with van der Waals surface area (Å²) in [4.78, 5) is 1.08. The van der Waals surface area contributed by atoms with Crippen LogP contribution in [0.15, 0.2) is 108 Å². The van der Waals surface area contributed by atoms with Gasteiger partial charge < -0.3 is 4.42 Å². The molecule has 0 radical (unpaired) electrons. The molecule has 6 aromatic rings. The van der Waals surface area contributed by atoms with Crippen molar-refractivity contribution < 1.29 is 44.3 Å². The predicted molar refractivity (Wildman–Crippen MR) is 147 cm³/mol. The first-order chi connectivity index (χ1) is 20.5. The van der Waals surface area contributed by atoms with E-state index in [-0.39, 0.29) is 17.9 Å². The predicted octanol–water partition coefficient (Wildman–Crippen LogP) is 7.20. The van der Waals surface area contributed by atoms with E-state index >= 15 is 0 Å². The standard InChI is InChI=1S/C32H24F6N3OS/c1-39-12-10-23(31(33,34)35)17-28(39)29-18-24(32(36,37)38)11-13-40(29)19-22-7-3-5-9-27(22)26-8-4-2-6-21(26)16-25-20-41-14-15-42-30(41)43-25/h2-15,17-18,20H,16,19H2,1H3/q+3. The molecular weight excluding hydrogens is 588 g/mol. The third kappa shape index (κ3) is 5.90. The number of pyridine rings is 2. The van der Waals surface area contributed by atoms with Gasteiger partial charge in [0.05, 0.1) is 16.0 Å². The van der Waals surface area contributed by atoms with Gasteiger partial charge >= 0.3 is 17.4 Å². The minimum Gasteiger partial charge on any atom is -0.398 e. The summed E-state index contributed by atoms with van der Waals surface area (Å²) in [7, 11) is 1.50. The van der Waals surface area contributed by atoms with E-state index < -0.39 is 23.5 Å². The Hall–Kier alpha value is -4.51. The van der Waals surface area contributed by atoms with Gasteiger partial charge in [-0.15, -0.1) is 4.40 Å². The van der Waals surface area contributed by atoms with Gasteiger partial charge in [0.2, 0.25) is 6.20 Å². The molecule has 2 aromatic carbocycles. The Morgan fingerprint density at radius 2 is 1.33 bits per heavy atom. The molecule has 0 fully saturated rings. The van der Waals surface area contributed by atoms with Gasteiger partial charge in [-0.05, 0) is 28.0 Å². The number of rotatable bonds is 6. The molecule has 0 aliphatic heterocycles. The molecular formula is C32H24F6N3OS+3. The number of nitrogens with zero attached hydrogens (tertiary/aromatic N) is 3. The lowest BCUT2D eigenvalue weighted by Crippen LogP contribution is -2.42. The zero-order valence-electron chi connectivity index (χ0n) is 22.7. The van der Waals surface area contributed by atoms with E-state index in [1.807, 2.05) is 65.3 Å². The number of thiazole rings is 1. The number of benzene rings is 2. The maximum atomic E-state index is 13.8. The SMILES string of the molecule is C[n+]1ccc(C(F)(F)F)cc1-c1cc(C(F)(F)F)cc[n+]1Cc1ccccc1-c1ccccc1Cc1c[n+]2ccoc2s1. The van der Waals surface area contributed by atoms with Crippen LogP contribution in [0.4, 0.5) is 26.3 Å². The maximum Gasteiger partial charge on any atom is 0.441 e. The number of aryl methyl sites for hydroxylation is 1. The molecule has 11 heteroatoms. The summed E-state index contributed by atoms with van der Waals surface area (Å²) in [6.45, 7) is 0.121. The topological polar surface area (TPSA) is 25.0 Å². The second kappa shape index (κ2) is 11.0. The van der Waals surface area contributed by atoms with Gasteiger partial charge in [-0.1, -0.05) is 48.5 Å². The fourth-order valence-corrected chi connectivity index (χ4v) is 6.06. The largest absolute Gasteiger partial charge is 0.441 e. The first-order valence-corrected chi connectivity index (χ1v) is 14.0. The Labute approximate surface area is 246 Å². The zero-order chi connectivity index (χ0) is 30.4. The van der Waals surface area contributed by atoms with Crippen molar-refractivity contribution in [1.82, 2.24) is 0 Å². The molecule has 4 aromatic heterocycles. The van der Waals surface area contributed by atoms with Crippen molar-refractivity contribution in [3.8, 4) is 22.5 Å². The van der Waals surface area contributed by atoms with E-state index in [1.54, 1.807) is 10.8 Å². The van der Waals surface area contributed by atoms with Crippen LogP contribution in [-0.2, 0) is 32.4 Å². The fourth-order valence-electron chi connectivity index (χ4n) is 5.12. The number of hydrogen-bond donors (Lipinski definition) is 0. The lowest BCUT2D eigenvalue weighted by molar-refractivity contribution is -0.699. The van der Waals surface area contributed by atoms with E-state index in [9.17, 15) is 26.3 Å². The average molecular weight is 613 g/mol.